The molecule has 5 unspecified atom stereocenters. The van der Waals surface area contributed by atoms with Gasteiger partial charge in [0.15, 0.2) is 0 Å². The lowest BCUT2D eigenvalue weighted by atomic mass is 9.98. The Balaban J connectivity index is 2.96. The van der Waals surface area contributed by atoms with Crippen molar-refractivity contribution in [2.45, 2.75) is 77.5 Å². The van der Waals surface area contributed by atoms with Crippen molar-refractivity contribution < 1.29 is 29.4 Å². The van der Waals surface area contributed by atoms with Crippen LogP contribution in [0, 0.1) is 11.8 Å². The van der Waals surface area contributed by atoms with Gasteiger partial charge in [-0.2, -0.15) is 0 Å². The Morgan fingerprint density at radius 3 is 2.30 bits per heavy atom. The highest BCUT2D eigenvalue weighted by molar-refractivity contribution is 5.94. The molecule has 1 rings (SSSR count). The molecule has 172 valence electrons. The highest BCUT2D eigenvalue weighted by Crippen LogP contribution is 2.21. The first kappa shape index (κ1) is 25.8. The number of nitrogens with zero attached hydrogens (tertiary/aromatic N) is 1. The molecule has 10 nitrogen and oxygen atoms in total. The predicted molar refractivity (Wildman–Crippen MR) is 110 cm³/mol. The zero-order valence-corrected chi connectivity index (χ0v) is 18.3. The van der Waals surface area contributed by atoms with Crippen LogP contribution in [0.15, 0.2) is 0 Å². The van der Waals surface area contributed by atoms with E-state index in [1.165, 1.54) is 4.90 Å². The summed E-state index contributed by atoms with van der Waals surface area (Å²) >= 11 is 0. The van der Waals surface area contributed by atoms with Crippen LogP contribution in [-0.4, -0.2) is 76.1 Å². The third kappa shape index (κ3) is 6.94. The Bertz CT molecular complexity index is 626. The van der Waals surface area contributed by atoms with Crippen molar-refractivity contribution >= 4 is 23.7 Å². The number of nitrogens with two attached hydrogens (primary N) is 1. The third-order valence-corrected chi connectivity index (χ3v) is 5.47. The summed E-state index contributed by atoms with van der Waals surface area (Å²) in [5.74, 6) is -2.84. The van der Waals surface area contributed by atoms with E-state index in [-0.39, 0.29) is 11.8 Å². The molecule has 1 saturated heterocycles. The van der Waals surface area contributed by atoms with Crippen LogP contribution in [0.1, 0.15) is 53.4 Å². The molecule has 0 radical (unpaired) electrons. The van der Waals surface area contributed by atoms with Gasteiger partial charge in [-0.15, -0.1) is 0 Å². The average Bonchev–Trinajstić information content (AvgIpc) is 3.18. The molecule has 1 aliphatic heterocycles. The molecule has 30 heavy (non-hydrogen) atoms. The van der Waals surface area contributed by atoms with Crippen LogP contribution in [0.25, 0.3) is 0 Å². The minimum atomic E-state index is -1.14. The Hall–Kier alpha value is -2.20. The number of rotatable bonds is 11. The SMILES string of the molecule is CCC(C)C(NC(=O)C1CCCN1C(=O)C(CC(C)C)NC(=O)C(N)CO)C(=O)O. The molecule has 10 heteroatoms. The van der Waals surface area contributed by atoms with Crippen molar-refractivity contribution in [2.24, 2.45) is 17.6 Å². The number of carbonyl (C=O) groups excluding carboxylic acids is 3. The van der Waals surface area contributed by atoms with Crippen LogP contribution < -0.4 is 16.4 Å². The van der Waals surface area contributed by atoms with Crippen LogP contribution in [0.5, 0.6) is 0 Å². The number of hydrogen-bond donors (Lipinski definition) is 5. The van der Waals surface area contributed by atoms with Crippen molar-refractivity contribution in [3.8, 4) is 0 Å². The van der Waals surface area contributed by atoms with Crippen LogP contribution in [0.2, 0.25) is 0 Å². The minimum absolute atomic E-state index is 0.0845. The van der Waals surface area contributed by atoms with E-state index in [1.54, 1.807) is 6.92 Å². The summed E-state index contributed by atoms with van der Waals surface area (Å²) in [6, 6.07) is -3.85. The fraction of sp³-hybridized carbons (Fsp3) is 0.800. The molecule has 0 bridgehead atoms. The largest absolute Gasteiger partial charge is 0.480 e. The molecule has 5 atom stereocenters. The smallest absolute Gasteiger partial charge is 0.326 e. The predicted octanol–water partition coefficient (Wildman–Crippen LogP) is -0.557. The van der Waals surface area contributed by atoms with E-state index in [4.69, 9.17) is 10.8 Å². The summed E-state index contributed by atoms with van der Waals surface area (Å²) in [6.07, 6.45) is 1.95. The van der Waals surface area contributed by atoms with E-state index in [0.29, 0.717) is 32.2 Å². The van der Waals surface area contributed by atoms with E-state index in [2.05, 4.69) is 10.6 Å². The van der Waals surface area contributed by atoms with Crippen LogP contribution in [0.3, 0.4) is 0 Å². The van der Waals surface area contributed by atoms with Gasteiger partial charge in [0.05, 0.1) is 6.61 Å². The van der Waals surface area contributed by atoms with Crippen LogP contribution >= 0.6 is 0 Å². The molecule has 1 heterocycles. The molecule has 1 aliphatic rings. The highest BCUT2D eigenvalue weighted by Gasteiger charge is 2.39. The van der Waals surface area contributed by atoms with E-state index in [9.17, 15) is 24.3 Å². The lowest BCUT2D eigenvalue weighted by molar-refractivity contribution is -0.146. The van der Waals surface area contributed by atoms with Gasteiger partial charge in [0.25, 0.3) is 0 Å². The number of likely N-dealkylation sites (tertiary alicyclic amines) is 1. The van der Waals surface area contributed by atoms with E-state index in [0.717, 1.165) is 0 Å². The van der Waals surface area contributed by atoms with Gasteiger partial charge < -0.3 is 31.5 Å². The third-order valence-electron chi connectivity index (χ3n) is 5.47. The number of carboxylic acid groups (broad SMARTS) is 1. The molecule has 6 N–H and O–H groups in total. The lowest BCUT2D eigenvalue weighted by Crippen LogP contribution is -2.57. The van der Waals surface area contributed by atoms with E-state index in [1.807, 2.05) is 20.8 Å². The molecule has 0 aromatic carbocycles. The number of carboxylic acids is 1. The maximum absolute atomic E-state index is 13.2. The van der Waals surface area contributed by atoms with Crippen LogP contribution in [-0.2, 0) is 19.2 Å². The van der Waals surface area contributed by atoms with Crippen LogP contribution in [0.4, 0.5) is 0 Å². The number of aliphatic carboxylic acids is 1. The molecule has 0 saturated carbocycles. The fourth-order valence-corrected chi connectivity index (χ4v) is 3.49. The van der Waals surface area contributed by atoms with Crippen molar-refractivity contribution in [1.29, 1.82) is 0 Å². The first-order valence-electron chi connectivity index (χ1n) is 10.5. The van der Waals surface area contributed by atoms with Crippen molar-refractivity contribution in [2.75, 3.05) is 13.2 Å². The van der Waals surface area contributed by atoms with E-state index < -0.39 is 54.5 Å². The topological polar surface area (TPSA) is 162 Å². The number of carbonyl (C=O) groups is 4. The van der Waals surface area contributed by atoms with Gasteiger partial charge >= 0.3 is 5.97 Å². The van der Waals surface area contributed by atoms with Gasteiger partial charge in [0, 0.05) is 6.54 Å². The maximum atomic E-state index is 13.2. The summed E-state index contributed by atoms with van der Waals surface area (Å²) in [5, 5.41) is 23.7. The zero-order valence-electron chi connectivity index (χ0n) is 18.3. The van der Waals surface area contributed by atoms with Gasteiger partial charge in [-0.05, 0) is 31.1 Å². The first-order valence-corrected chi connectivity index (χ1v) is 10.5. The molecular formula is C20H36N4O6. The monoisotopic (exact) mass is 428 g/mol. The second-order valence-corrected chi connectivity index (χ2v) is 8.38. The minimum Gasteiger partial charge on any atom is -0.480 e. The quantitative estimate of drug-likeness (QED) is 0.295. The maximum Gasteiger partial charge on any atom is 0.326 e. The Morgan fingerprint density at radius 1 is 1.17 bits per heavy atom. The summed E-state index contributed by atoms with van der Waals surface area (Å²) in [7, 11) is 0. The number of nitrogens with one attached hydrogen (secondary N) is 2. The molecular weight excluding hydrogens is 392 g/mol. The molecule has 3 amide bonds. The molecule has 0 aromatic rings. The van der Waals surface area contributed by atoms with Gasteiger partial charge in [-0.1, -0.05) is 34.1 Å². The molecule has 0 spiro atoms. The van der Waals surface area contributed by atoms with Gasteiger partial charge in [0.1, 0.15) is 24.2 Å². The molecule has 0 aliphatic carbocycles. The number of amides is 3. The van der Waals surface area contributed by atoms with Gasteiger partial charge in [-0.25, -0.2) is 4.79 Å². The number of hydrogen-bond acceptors (Lipinski definition) is 6. The fourth-order valence-electron chi connectivity index (χ4n) is 3.49. The highest BCUT2D eigenvalue weighted by atomic mass is 16.4. The van der Waals surface area contributed by atoms with Gasteiger partial charge in [-0.3, -0.25) is 14.4 Å². The summed E-state index contributed by atoms with van der Waals surface area (Å²) < 4.78 is 0. The first-order chi connectivity index (χ1) is 14.0. The second-order valence-electron chi connectivity index (χ2n) is 8.38. The lowest BCUT2D eigenvalue weighted by Gasteiger charge is -2.31. The Morgan fingerprint density at radius 2 is 1.80 bits per heavy atom. The summed E-state index contributed by atoms with van der Waals surface area (Å²) in [5.41, 5.74) is 5.54. The summed E-state index contributed by atoms with van der Waals surface area (Å²) in [6.45, 7) is 7.18. The normalized spacial score (nSPS) is 20.4. The zero-order chi connectivity index (χ0) is 23.0. The number of aliphatic hydroxyl groups excluding tert-OH is 1. The summed E-state index contributed by atoms with van der Waals surface area (Å²) in [4.78, 5) is 51.0. The van der Waals surface area contributed by atoms with Crippen molar-refractivity contribution in [1.82, 2.24) is 15.5 Å². The molecule has 0 aromatic heterocycles. The second kappa shape index (κ2) is 11.8. The average molecular weight is 429 g/mol. The molecule has 1 fully saturated rings. The van der Waals surface area contributed by atoms with Crippen molar-refractivity contribution in [3.63, 3.8) is 0 Å². The van der Waals surface area contributed by atoms with Gasteiger partial charge in [0.2, 0.25) is 17.7 Å². The Kier molecular flexibility index (Phi) is 10.2. The van der Waals surface area contributed by atoms with E-state index >= 15 is 0 Å². The van der Waals surface area contributed by atoms with Crippen molar-refractivity contribution in [3.05, 3.63) is 0 Å². The standard InChI is InChI=1S/C20H36N4O6/c1-5-12(4)16(20(29)30)23-18(27)15-7-6-8-24(15)19(28)14(9-11(2)3)22-17(26)13(21)10-25/h11-16,25H,5-10,21H2,1-4H3,(H,22,26)(H,23,27)(H,29,30). The Labute approximate surface area is 177 Å². The number of aliphatic hydroxyl groups is 1.